The number of pyridine rings is 1. The maximum absolute atomic E-state index is 13.2. The van der Waals surface area contributed by atoms with Gasteiger partial charge in [-0.15, -0.1) is 0 Å². The molecule has 1 fully saturated rings. The molecule has 1 aromatic carbocycles. The second-order valence-corrected chi connectivity index (χ2v) is 12.2. The highest BCUT2D eigenvalue weighted by Crippen LogP contribution is 2.37. The van der Waals surface area contributed by atoms with Gasteiger partial charge in [-0.3, -0.25) is 9.59 Å². The fourth-order valence-corrected chi connectivity index (χ4v) is 5.06. The summed E-state index contributed by atoms with van der Waals surface area (Å²) < 4.78 is 70.3. The lowest BCUT2D eigenvalue weighted by Gasteiger charge is -2.30. The molecule has 1 aliphatic carbocycles. The summed E-state index contributed by atoms with van der Waals surface area (Å²) in [7, 11) is 0. The van der Waals surface area contributed by atoms with Gasteiger partial charge >= 0.3 is 6.18 Å². The molecule has 0 atom stereocenters. The molecule has 0 radical (unpaired) electrons. The number of nitrogens with zero attached hydrogens (tertiary/aromatic N) is 2. The minimum atomic E-state index is -4.29. The molecule has 2 amide bonds. The molecule has 240 valence electrons. The van der Waals surface area contributed by atoms with Crippen LogP contribution >= 0.6 is 0 Å². The van der Waals surface area contributed by atoms with Crippen molar-refractivity contribution in [2.45, 2.75) is 85.5 Å². The van der Waals surface area contributed by atoms with Crippen molar-refractivity contribution < 1.29 is 36.3 Å². The summed E-state index contributed by atoms with van der Waals surface area (Å²) in [5.74, 6) is -2.29. The number of aromatic nitrogens is 3. The third kappa shape index (κ3) is 7.94. The van der Waals surface area contributed by atoms with Gasteiger partial charge in [0, 0.05) is 23.7 Å². The number of aromatic amines is 1. The van der Waals surface area contributed by atoms with E-state index in [-0.39, 0.29) is 60.1 Å². The van der Waals surface area contributed by atoms with Gasteiger partial charge in [-0.1, -0.05) is 32.9 Å². The molecule has 3 aromatic rings. The number of alkyl halides is 5. The van der Waals surface area contributed by atoms with E-state index in [2.05, 4.69) is 30.9 Å². The Labute approximate surface area is 251 Å². The first kappa shape index (κ1) is 32.9. The molecule has 1 aliphatic rings. The monoisotopic (exact) mass is 624 g/mol. The number of anilines is 2. The molecule has 14 heteroatoms. The second kappa shape index (κ2) is 12.9. The van der Waals surface area contributed by atoms with E-state index in [0.717, 1.165) is 22.4 Å². The Hall–Kier alpha value is -3.97. The Morgan fingerprint density at radius 1 is 1.07 bits per heavy atom. The van der Waals surface area contributed by atoms with Crippen LogP contribution in [0.4, 0.5) is 33.6 Å². The van der Waals surface area contributed by atoms with E-state index >= 15 is 0 Å². The highest BCUT2D eigenvalue weighted by molar-refractivity contribution is 5.99. The molecule has 0 spiro atoms. The molecule has 1 saturated carbocycles. The minimum Gasteiger partial charge on any atom is -0.471 e. The van der Waals surface area contributed by atoms with Gasteiger partial charge in [0.25, 0.3) is 12.3 Å². The van der Waals surface area contributed by atoms with Gasteiger partial charge in [0.2, 0.25) is 17.7 Å². The van der Waals surface area contributed by atoms with Crippen LogP contribution in [0, 0.1) is 25.2 Å². The van der Waals surface area contributed by atoms with Gasteiger partial charge in [0.1, 0.15) is 11.1 Å². The number of H-pyrrole nitrogens is 1. The van der Waals surface area contributed by atoms with Crippen LogP contribution in [0.25, 0.3) is 11.2 Å². The molecule has 44 heavy (non-hydrogen) atoms. The molecule has 9 nitrogen and oxygen atoms in total. The molecule has 4 rings (SSSR count). The third-order valence-corrected chi connectivity index (χ3v) is 7.70. The molecular weight excluding hydrogens is 587 g/mol. The fourth-order valence-electron chi connectivity index (χ4n) is 5.06. The normalized spacial score (nSPS) is 17.5. The first-order chi connectivity index (χ1) is 20.5. The maximum Gasteiger partial charge on any atom is 0.391 e. The number of rotatable bonds is 9. The fraction of sp³-hybridized carbons (Fsp3) is 0.533. The molecule has 0 unspecified atom stereocenters. The molecule has 4 N–H and O–H groups in total. The predicted molar refractivity (Wildman–Crippen MR) is 155 cm³/mol. The number of nitrogens with one attached hydrogen (secondary N) is 4. The van der Waals surface area contributed by atoms with Gasteiger partial charge in [0.15, 0.2) is 12.3 Å². The van der Waals surface area contributed by atoms with Crippen LogP contribution in [-0.2, 0) is 11.3 Å². The lowest BCUT2D eigenvalue weighted by Crippen LogP contribution is -2.40. The van der Waals surface area contributed by atoms with E-state index < -0.39 is 42.5 Å². The van der Waals surface area contributed by atoms with Gasteiger partial charge in [-0.25, -0.2) is 13.8 Å². The van der Waals surface area contributed by atoms with Crippen LogP contribution in [-0.4, -0.2) is 52.0 Å². The summed E-state index contributed by atoms with van der Waals surface area (Å²) >= 11 is 0. The largest absolute Gasteiger partial charge is 0.471 e. The van der Waals surface area contributed by atoms with Crippen molar-refractivity contribution in [3.05, 3.63) is 40.5 Å². The van der Waals surface area contributed by atoms with Crippen molar-refractivity contribution in [2.24, 2.45) is 11.3 Å². The third-order valence-electron chi connectivity index (χ3n) is 7.70. The van der Waals surface area contributed by atoms with Crippen molar-refractivity contribution in [1.82, 2.24) is 25.6 Å². The van der Waals surface area contributed by atoms with Crippen LogP contribution < -0.4 is 20.7 Å². The number of amides is 2. The van der Waals surface area contributed by atoms with Crippen molar-refractivity contribution in [2.75, 3.05) is 11.9 Å². The summed E-state index contributed by atoms with van der Waals surface area (Å²) in [6, 6.07) is 4.66. The Kier molecular flexibility index (Phi) is 9.69. The summed E-state index contributed by atoms with van der Waals surface area (Å²) in [5.41, 5.74) is 3.09. The Morgan fingerprint density at radius 3 is 2.36 bits per heavy atom. The Morgan fingerprint density at radius 2 is 1.75 bits per heavy atom. The quantitative estimate of drug-likeness (QED) is 0.203. The van der Waals surface area contributed by atoms with E-state index in [1.165, 1.54) is 6.07 Å². The maximum atomic E-state index is 13.2. The molecular formula is C30H37F5N6O3. The van der Waals surface area contributed by atoms with E-state index in [0.29, 0.717) is 6.54 Å². The van der Waals surface area contributed by atoms with E-state index in [4.69, 9.17) is 4.74 Å². The van der Waals surface area contributed by atoms with Gasteiger partial charge in [0.05, 0.1) is 5.92 Å². The first-order valence-corrected chi connectivity index (χ1v) is 14.4. The second-order valence-electron chi connectivity index (χ2n) is 12.2. The number of aryl methyl sites for hydroxylation is 1. The molecule has 0 bridgehead atoms. The number of carbonyl (C=O) groups excluding carboxylic acids is 2. The zero-order valence-electron chi connectivity index (χ0n) is 25.2. The van der Waals surface area contributed by atoms with Crippen molar-refractivity contribution in [1.29, 1.82) is 0 Å². The zero-order valence-corrected chi connectivity index (χ0v) is 25.2. The highest BCUT2D eigenvalue weighted by atomic mass is 19.4. The SMILES string of the molecule is Cc1ccc(CNC(=O)C(C)(C)C)c(C)c1Nc1nc2cc(C(=O)N[C@H]3CC[C@H](C(F)(F)F)CC3)c(OCC(F)F)nc2[nH]1. The van der Waals surface area contributed by atoms with E-state index in [1.807, 2.05) is 46.8 Å². The average Bonchev–Trinajstić information content (AvgIpc) is 3.33. The number of imidazole rings is 1. The van der Waals surface area contributed by atoms with E-state index in [9.17, 15) is 31.5 Å². The van der Waals surface area contributed by atoms with Crippen molar-refractivity contribution in [3.8, 4) is 5.88 Å². The number of halogens is 5. The number of carbonyl (C=O) groups is 2. The van der Waals surface area contributed by atoms with Crippen molar-refractivity contribution >= 4 is 34.6 Å². The highest BCUT2D eigenvalue weighted by Gasteiger charge is 2.41. The van der Waals surface area contributed by atoms with Crippen LogP contribution in [0.15, 0.2) is 18.2 Å². The number of hydrogen-bond acceptors (Lipinski definition) is 6. The Balaban J connectivity index is 1.56. The Bertz CT molecular complexity index is 1510. The van der Waals surface area contributed by atoms with Gasteiger partial charge in [-0.2, -0.15) is 18.2 Å². The van der Waals surface area contributed by atoms with Gasteiger partial charge < -0.3 is 25.7 Å². The molecule has 2 aromatic heterocycles. The van der Waals surface area contributed by atoms with Crippen LogP contribution in [0.1, 0.15) is 73.5 Å². The number of fused-ring (bicyclic) bond motifs is 1. The molecule has 0 aliphatic heterocycles. The summed E-state index contributed by atoms with van der Waals surface area (Å²) in [4.78, 5) is 37.2. The van der Waals surface area contributed by atoms with E-state index in [1.54, 1.807) is 0 Å². The number of hydrogen-bond donors (Lipinski definition) is 4. The topological polar surface area (TPSA) is 121 Å². The van der Waals surface area contributed by atoms with Crippen LogP contribution in [0.5, 0.6) is 5.88 Å². The molecule has 0 saturated heterocycles. The molecule has 2 heterocycles. The number of benzene rings is 1. The first-order valence-electron chi connectivity index (χ1n) is 14.4. The van der Waals surface area contributed by atoms with Crippen LogP contribution in [0.2, 0.25) is 0 Å². The summed E-state index contributed by atoms with van der Waals surface area (Å²) in [5, 5.41) is 8.85. The summed E-state index contributed by atoms with van der Waals surface area (Å²) in [6.45, 7) is 8.59. The smallest absolute Gasteiger partial charge is 0.391 e. The van der Waals surface area contributed by atoms with Crippen LogP contribution in [0.3, 0.4) is 0 Å². The lowest BCUT2D eigenvalue weighted by atomic mass is 9.85. The number of ether oxygens (including phenoxy) is 1. The predicted octanol–water partition coefficient (Wildman–Crippen LogP) is 6.48. The zero-order chi connectivity index (χ0) is 32.4. The lowest BCUT2D eigenvalue weighted by molar-refractivity contribution is -0.182. The summed E-state index contributed by atoms with van der Waals surface area (Å²) in [6.07, 6.45) is -7.08. The van der Waals surface area contributed by atoms with Crippen molar-refractivity contribution in [3.63, 3.8) is 0 Å². The van der Waals surface area contributed by atoms with Gasteiger partial charge in [-0.05, 0) is 62.3 Å². The minimum absolute atomic E-state index is 0.0889. The average molecular weight is 625 g/mol. The standard InChI is InChI=1S/C30H37F5N6O3/c1-15-6-7-17(13-36-27(43)29(3,4)5)16(2)23(15)39-28-38-21-12-20(26(40-24(21)41-28)44-14-22(31)32)25(42)37-19-10-8-18(9-11-19)30(33,34)35/h6-7,12,18-19,22H,8-11,13-14H2,1-5H3,(H,36,43)(H,37,42)(H2,38,39,40,41)/t18-,19-.